The van der Waals surface area contributed by atoms with Crippen molar-refractivity contribution < 1.29 is 4.74 Å². The highest BCUT2D eigenvalue weighted by molar-refractivity contribution is 7.80. The smallest absolute Gasteiger partial charge is 0.169 e. The summed E-state index contributed by atoms with van der Waals surface area (Å²) in [5.74, 6) is 0. The number of hydrogen-bond donors (Lipinski definition) is 1. The Labute approximate surface area is 108 Å². The van der Waals surface area contributed by atoms with Gasteiger partial charge in [0.2, 0.25) is 0 Å². The van der Waals surface area contributed by atoms with Crippen LogP contribution in [-0.2, 0) is 17.7 Å². The van der Waals surface area contributed by atoms with E-state index in [-0.39, 0.29) is 0 Å². The molecule has 3 nitrogen and oxygen atoms in total. The van der Waals surface area contributed by atoms with E-state index in [4.69, 9.17) is 17.0 Å². The zero-order valence-electron chi connectivity index (χ0n) is 10.1. The Morgan fingerprint density at radius 3 is 2.94 bits per heavy atom. The van der Waals surface area contributed by atoms with Gasteiger partial charge >= 0.3 is 0 Å². The Hall–Kier alpha value is -1.13. The van der Waals surface area contributed by atoms with Crippen LogP contribution in [0, 0.1) is 0 Å². The molecular formula is C13H18N2OS. The molecule has 0 radical (unpaired) electrons. The van der Waals surface area contributed by atoms with Gasteiger partial charge in [-0.2, -0.15) is 0 Å². The van der Waals surface area contributed by atoms with Crippen LogP contribution in [0.25, 0.3) is 0 Å². The van der Waals surface area contributed by atoms with E-state index in [0.29, 0.717) is 6.61 Å². The van der Waals surface area contributed by atoms with Gasteiger partial charge in [-0.25, -0.2) is 0 Å². The monoisotopic (exact) mass is 250 g/mol. The third-order valence-corrected chi connectivity index (χ3v) is 3.40. The van der Waals surface area contributed by atoms with Crippen LogP contribution in [0.2, 0.25) is 0 Å². The van der Waals surface area contributed by atoms with Crippen LogP contribution >= 0.6 is 12.2 Å². The van der Waals surface area contributed by atoms with Crippen molar-refractivity contribution >= 4 is 17.3 Å². The number of nitrogens with zero attached hydrogens (tertiary/aromatic N) is 1. The average Bonchev–Trinajstić information content (AvgIpc) is 2.38. The number of thiocarbonyl (C=S) groups is 1. The number of ether oxygens (including phenoxy) is 1. The second kappa shape index (κ2) is 5.98. The van der Waals surface area contributed by atoms with Crippen molar-refractivity contribution in [2.45, 2.75) is 13.0 Å². The molecule has 1 heterocycles. The van der Waals surface area contributed by atoms with Crippen LogP contribution in [-0.4, -0.2) is 36.8 Å². The third-order valence-electron chi connectivity index (χ3n) is 3.00. The fourth-order valence-corrected chi connectivity index (χ4v) is 2.30. The Balaban J connectivity index is 1.91. The molecule has 2 rings (SSSR count). The number of methoxy groups -OCH3 is 1. The van der Waals surface area contributed by atoms with E-state index in [0.717, 1.165) is 31.2 Å². The SMILES string of the molecule is COCCNC(=S)N1CCc2ccccc2C1. The summed E-state index contributed by atoms with van der Waals surface area (Å²) in [6, 6.07) is 8.57. The fraction of sp³-hybridized carbons (Fsp3) is 0.462. The van der Waals surface area contributed by atoms with Gasteiger partial charge < -0.3 is 15.0 Å². The normalized spacial score (nSPS) is 14.3. The lowest BCUT2D eigenvalue weighted by atomic mass is 10.0. The van der Waals surface area contributed by atoms with Gasteiger partial charge in [-0.1, -0.05) is 24.3 Å². The van der Waals surface area contributed by atoms with Gasteiger partial charge in [0.15, 0.2) is 5.11 Å². The molecule has 0 bridgehead atoms. The molecule has 1 N–H and O–H groups in total. The highest BCUT2D eigenvalue weighted by atomic mass is 32.1. The van der Waals surface area contributed by atoms with E-state index < -0.39 is 0 Å². The van der Waals surface area contributed by atoms with Crippen LogP contribution in [0.1, 0.15) is 11.1 Å². The van der Waals surface area contributed by atoms with Crippen molar-refractivity contribution in [1.82, 2.24) is 10.2 Å². The molecule has 1 aromatic carbocycles. The maximum Gasteiger partial charge on any atom is 0.169 e. The molecule has 0 atom stereocenters. The van der Waals surface area contributed by atoms with Crippen molar-refractivity contribution in [3.05, 3.63) is 35.4 Å². The lowest BCUT2D eigenvalue weighted by molar-refractivity contribution is 0.202. The quantitative estimate of drug-likeness (QED) is 0.650. The first kappa shape index (κ1) is 12.3. The molecule has 4 heteroatoms. The zero-order valence-corrected chi connectivity index (χ0v) is 10.9. The van der Waals surface area contributed by atoms with Crippen LogP contribution in [0.5, 0.6) is 0 Å². The van der Waals surface area contributed by atoms with E-state index in [2.05, 4.69) is 34.5 Å². The number of nitrogens with one attached hydrogen (secondary N) is 1. The first-order valence-electron chi connectivity index (χ1n) is 5.90. The predicted molar refractivity (Wildman–Crippen MR) is 73.0 cm³/mol. The van der Waals surface area contributed by atoms with Crippen molar-refractivity contribution in [1.29, 1.82) is 0 Å². The minimum atomic E-state index is 0.685. The van der Waals surface area contributed by atoms with Gasteiger partial charge in [0.05, 0.1) is 6.61 Å². The molecule has 1 aromatic rings. The van der Waals surface area contributed by atoms with Gasteiger partial charge in [0.25, 0.3) is 0 Å². The first-order chi connectivity index (χ1) is 8.31. The summed E-state index contributed by atoms with van der Waals surface area (Å²) in [6.45, 7) is 3.36. The molecule has 0 fully saturated rings. The maximum atomic E-state index is 5.38. The van der Waals surface area contributed by atoms with Crippen molar-refractivity contribution in [2.24, 2.45) is 0 Å². The van der Waals surface area contributed by atoms with Gasteiger partial charge in [-0.3, -0.25) is 0 Å². The summed E-state index contributed by atoms with van der Waals surface area (Å²) in [6.07, 6.45) is 1.07. The van der Waals surface area contributed by atoms with Gasteiger partial charge in [0.1, 0.15) is 0 Å². The van der Waals surface area contributed by atoms with Crippen LogP contribution in [0.15, 0.2) is 24.3 Å². The topological polar surface area (TPSA) is 24.5 Å². The summed E-state index contributed by atoms with van der Waals surface area (Å²) < 4.78 is 5.00. The number of rotatable bonds is 3. The Kier molecular flexibility index (Phi) is 4.34. The average molecular weight is 250 g/mol. The number of hydrogen-bond acceptors (Lipinski definition) is 2. The molecule has 0 saturated carbocycles. The van der Waals surface area contributed by atoms with Crippen LogP contribution < -0.4 is 5.32 Å². The van der Waals surface area contributed by atoms with E-state index in [1.54, 1.807) is 7.11 Å². The van der Waals surface area contributed by atoms with Crippen LogP contribution in [0.4, 0.5) is 0 Å². The molecule has 0 spiro atoms. The summed E-state index contributed by atoms with van der Waals surface area (Å²) in [7, 11) is 1.70. The summed E-state index contributed by atoms with van der Waals surface area (Å²) >= 11 is 5.38. The Morgan fingerprint density at radius 1 is 1.41 bits per heavy atom. The summed E-state index contributed by atoms with van der Waals surface area (Å²) in [5.41, 5.74) is 2.83. The molecule has 17 heavy (non-hydrogen) atoms. The van der Waals surface area contributed by atoms with Crippen molar-refractivity contribution in [3.63, 3.8) is 0 Å². The molecule has 0 saturated heterocycles. The fourth-order valence-electron chi connectivity index (χ4n) is 2.04. The second-order valence-corrected chi connectivity index (χ2v) is 4.55. The minimum absolute atomic E-state index is 0.685. The number of benzene rings is 1. The molecule has 92 valence electrons. The third kappa shape index (κ3) is 3.17. The molecule has 0 aliphatic carbocycles. The highest BCUT2D eigenvalue weighted by Crippen LogP contribution is 2.18. The Bertz CT molecular complexity index is 395. The molecule has 1 aliphatic rings. The minimum Gasteiger partial charge on any atom is -0.383 e. The Morgan fingerprint density at radius 2 is 2.18 bits per heavy atom. The van der Waals surface area contributed by atoms with Crippen molar-refractivity contribution in [3.8, 4) is 0 Å². The van der Waals surface area contributed by atoms with Gasteiger partial charge in [-0.15, -0.1) is 0 Å². The van der Waals surface area contributed by atoms with E-state index in [1.807, 2.05) is 0 Å². The second-order valence-electron chi connectivity index (χ2n) is 4.16. The first-order valence-corrected chi connectivity index (χ1v) is 6.30. The maximum absolute atomic E-state index is 5.38. The summed E-state index contributed by atoms with van der Waals surface area (Å²) in [5, 5.41) is 4.05. The van der Waals surface area contributed by atoms with E-state index >= 15 is 0 Å². The summed E-state index contributed by atoms with van der Waals surface area (Å²) in [4.78, 5) is 2.22. The van der Waals surface area contributed by atoms with Crippen LogP contribution in [0.3, 0.4) is 0 Å². The lowest BCUT2D eigenvalue weighted by Gasteiger charge is -2.31. The predicted octanol–water partition coefficient (Wildman–Crippen LogP) is 1.57. The van der Waals surface area contributed by atoms with Gasteiger partial charge in [-0.05, 0) is 29.8 Å². The molecule has 0 aromatic heterocycles. The van der Waals surface area contributed by atoms with Gasteiger partial charge in [0, 0.05) is 26.7 Å². The zero-order chi connectivity index (χ0) is 12.1. The van der Waals surface area contributed by atoms with Crippen molar-refractivity contribution in [2.75, 3.05) is 26.8 Å². The molecule has 1 aliphatic heterocycles. The standard InChI is InChI=1S/C13H18N2OS/c1-16-9-7-14-13(17)15-8-6-11-4-2-3-5-12(11)10-15/h2-5H,6-10H2,1H3,(H,14,17). The molecule has 0 amide bonds. The lowest BCUT2D eigenvalue weighted by Crippen LogP contribution is -2.43. The van der Waals surface area contributed by atoms with E-state index in [1.165, 1.54) is 11.1 Å². The molecule has 0 unspecified atom stereocenters. The number of fused-ring (bicyclic) bond motifs is 1. The van der Waals surface area contributed by atoms with E-state index in [9.17, 15) is 0 Å². The highest BCUT2D eigenvalue weighted by Gasteiger charge is 2.17. The largest absolute Gasteiger partial charge is 0.383 e. The molecular weight excluding hydrogens is 232 g/mol.